The molecule has 1 aromatic heterocycles. The van der Waals surface area contributed by atoms with Gasteiger partial charge in [0.05, 0.1) is 17.9 Å². The molecule has 1 amide bonds. The maximum Gasteiger partial charge on any atom is 0.227 e. The molecule has 0 spiro atoms. The Labute approximate surface area is 116 Å². The lowest BCUT2D eigenvalue weighted by Crippen LogP contribution is -2.36. The smallest absolute Gasteiger partial charge is 0.227 e. The molecule has 1 aliphatic carbocycles. The van der Waals surface area contributed by atoms with Gasteiger partial charge in [0.15, 0.2) is 0 Å². The molecule has 2 unspecified atom stereocenters. The van der Waals surface area contributed by atoms with Crippen LogP contribution in [-0.2, 0) is 16.0 Å². The van der Waals surface area contributed by atoms with Gasteiger partial charge in [-0.15, -0.1) is 22.9 Å². The molecule has 100 valence electrons. The normalized spacial score (nSPS) is 20.2. The molecule has 0 aliphatic heterocycles. The standard InChI is InChI=1S/C13H18ClNO2S/c1-17-8-9(14)7-15-13(16)11-3-2-4-12-10(11)5-6-18-12/h5-6,9,11H,2-4,7-8H2,1H3,(H,15,16). The quantitative estimate of drug-likeness (QED) is 0.845. The molecule has 2 atom stereocenters. The Bertz CT molecular complexity index is 407. The van der Waals surface area contributed by atoms with E-state index in [9.17, 15) is 4.79 Å². The van der Waals surface area contributed by atoms with E-state index in [1.54, 1.807) is 18.4 Å². The zero-order valence-corrected chi connectivity index (χ0v) is 12.0. The number of ether oxygens (including phenoxy) is 1. The second-order valence-corrected chi connectivity index (χ2v) is 6.16. The topological polar surface area (TPSA) is 38.3 Å². The number of thiophene rings is 1. The number of hydrogen-bond acceptors (Lipinski definition) is 3. The molecule has 0 fully saturated rings. The highest BCUT2D eigenvalue weighted by atomic mass is 35.5. The maximum absolute atomic E-state index is 12.2. The zero-order chi connectivity index (χ0) is 13.0. The van der Waals surface area contributed by atoms with Gasteiger partial charge in [0.2, 0.25) is 5.91 Å². The fourth-order valence-corrected chi connectivity index (χ4v) is 3.52. The van der Waals surface area contributed by atoms with Gasteiger partial charge in [-0.25, -0.2) is 0 Å². The molecule has 1 aliphatic rings. The van der Waals surface area contributed by atoms with Crippen molar-refractivity contribution in [1.29, 1.82) is 0 Å². The second-order valence-electron chi connectivity index (χ2n) is 4.54. The van der Waals surface area contributed by atoms with Crippen LogP contribution >= 0.6 is 22.9 Å². The van der Waals surface area contributed by atoms with Crippen molar-refractivity contribution in [3.63, 3.8) is 0 Å². The first-order chi connectivity index (χ1) is 8.72. The summed E-state index contributed by atoms with van der Waals surface area (Å²) in [6, 6.07) is 2.08. The van der Waals surface area contributed by atoms with E-state index in [1.165, 1.54) is 10.4 Å². The highest BCUT2D eigenvalue weighted by molar-refractivity contribution is 7.10. The van der Waals surface area contributed by atoms with E-state index in [0.29, 0.717) is 13.2 Å². The van der Waals surface area contributed by atoms with Gasteiger partial charge < -0.3 is 10.1 Å². The van der Waals surface area contributed by atoms with Gasteiger partial charge in [0.25, 0.3) is 0 Å². The monoisotopic (exact) mass is 287 g/mol. The van der Waals surface area contributed by atoms with Gasteiger partial charge in [0.1, 0.15) is 0 Å². The van der Waals surface area contributed by atoms with E-state index in [-0.39, 0.29) is 17.2 Å². The van der Waals surface area contributed by atoms with Crippen molar-refractivity contribution in [3.05, 3.63) is 21.9 Å². The zero-order valence-electron chi connectivity index (χ0n) is 10.4. The van der Waals surface area contributed by atoms with Gasteiger partial charge in [-0.3, -0.25) is 4.79 Å². The number of alkyl halides is 1. The molecule has 5 heteroatoms. The van der Waals surface area contributed by atoms with Gasteiger partial charge in [-0.1, -0.05) is 0 Å². The lowest BCUT2D eigenvalue weighted by Gasteiger charge is -2.22. The first-order valence-electron chi connectivity index (χ1n) is 6.19. The SMILES string of the molecule is COCC(Cl)CNC(=O)C1CCCc2sccc21. The first-order valence-corrected chi connectivity index (χ1v) is 7.51. The Kier molecular flexibility index (Phi) is 5.03. The van der Waals surface area contributed by atoms with Crippen molar-refractivity contribution >= 4 is 28.8 Å². The van der Waals surface area contributed by atoms with Crippen LogP contribution in [0.3, 0.4) is 0 Å². The molecule has 3 nitrogen and oxygen atoms in total. The van der Waals surface area contributed by atoms with Gasteiger partial charge in [-0.2, -0.15) is 0 Å². The van der Waals surface area contributed by atoms with Crippen LogP contribution in [0.4, 0.5) is 0 Å². The number of nitrogens with one attached hydrogen (secondary N) is 1. The molecule has 1 aromatic rings. The van der Waals surface area contributed by atoms with E-state index in [4.69, 9.17) is 16.3 Å². The largest absolute Gasteiger partial charge is 0.383 e. The van der Waals surface area contributed by atoms with Crippen molar-refractivity contribution in [1.82, 2.24) is 5.32 Å². The summed E-state index contributed by atoms with van der Waals surface area (Å²) in [6.45, 7) is 0.917. The van der Waals surface area contributed by atoms with Gasteiger partial charge >= 0.3 is 0 Å². The van der Waals surface area contributed by atoms with E-state index >= 15 is 0 Å². The molecule has 2 rings (SSSR count). The van der Waals surface area contributed by atoms with E-state index in [0.717, 1.165) is 19.3 Å². The van der Waals surface area contributed by atoms with Crippen molar-refractivity contribution in [2.24, 2.45) is 0 Å². The van der Waals surface area contributed by atoms with Crippen LogP contribution < -0.4 is 5.32 Å². The Morgan fingerprint density at radius 2 is 2.56 bits per heavy atom. The third-order valence-corrected chi connectivity index (χ3v) is 4.49. The van der Waals surface area contributed by atoms with Crippen molar-refractivity contribution in [2.75, 3.05) is 20.3 Å². The predicted molar refractivity (Wildman–Crippen MR) is 74.5 cm³/mol. The highest BCUT2D eigenvalue weighted by Crippen LogP contribution is 2.34. The average Bonchev–Trinajstić information content (AvgIpc) is 2.84. The van der Waals surface area contributed by atoms with E-state index in [2.05, 4.69) is 16.8 Å². The molecule has 0 bridgehead atoms. The number of hydrogen-bond donors (Lipinski definition) is 1. The third-order valence-electron chi connectivity index (χ3n) is 3.21. The van der Waals surface area contributed by atoms with E-state index < -0.39 is 0 Å². The predicted octanol–water partition coefficient (Wildman–Crippen LogP) is 2.54. The van der Waals surface area contributed by atoms with Crippen LogP contribution in [0.5, 0.6) is 0 Å². The average molecular weight is 288 g/mol. The Morgan fingerprint density at radius 1 is 1.72 bits per heavy atom. The molecular formula is C13H18ClNO2S. The molecule has 0 aromatic carbocycles. The number of rotatable bonds is 5. The number of carbonyl (C=O) groups excluding carboxylic acids is 1. The summed E-state index contributed by atoms with van der Waals surface area (Å²) < 4.78 is 4.94. The highest BCUT2D eigenvalue weighted by Gasteiger charge is 2.27. The Morgan fingerprint density at radius 3 is 3.33 bits per heavy atom. The van der Waals surface area contributed by atoms with Gasteiger partial charge in [-0.05, 0) is 36.3 Å². The summed E-state index contributed by atoms with van der Waals surface area (Å²) in [4.78, 5) is 13.5. The first kappa shape index (κ1) is 13.8. The second kappa shape index (κ2) is 6.55. The van der Waals surface area contributed by atoms with Crippen molar-refractivity contribution < 1.29 is 9.53 Å². The fraction of sp³-hybridized carbons (Fsp3) is 0.615. The molecule has 1 N–H and O–H groups in total. The molecule has 1 heterocycles. The minimum Gasteiger partial charge on any atom is -0.383 e. The number of methoxy groups -OCH3 is 1. The number of fused-ring (bicyclic) bond motifs is 1. The molecule has 0 radical (unpaired) electrons. The van der Waals surface area contributed by atoms with Crippen LogP contribution in [0.2, 0.25) is 0 Å². The van der Waals surface area contributed by atoms with Crippen molar-refractivity contribution in [2.45, 2.75) is 30.6 Å². The molecule has 0 saturated carbocycles. The Hall–Kier alpha value is -0.580. The summed E-state index contributed by atoms with van der Waals surface area (Å²) in [5.74, 6) is 0.0996. The number of aryl methyl sites for hydroxylation is 1. The van der Waals surface area contributed by atoms with Crippen LogP contribution in [0.25, 0.3) is 0 Å². The van der Waals surface area contributed by atoms with E-state index in [1.807, 2.05) is 0 Å². The van der Waals surface area contributed by atoms with Crippen LogP contribution in [-0.4, -0.2) is 31.5 Å². The Balaban J connectivity index is 1.91. The molecule has 18 heavy (non-hydrogen) atoms. The molecule has 0 saturated heterocycles. The third kappa shape index (κ3) is 3.25. The lowest BCUT2D eigenvalue weighted by molar-refractivity contribution is -0.122. The summed E-state index contributed by atoms with van der Waals surface area (Å²) in [6.07, 6.45) is 3.14. The summed E-state index contributed by atoms with van der Waals surface area (Å²) >= 11 is 7.76. The maximum atomic E-state index is 12.2. The van der Waals surface area contributed by atoms with Crippen LogP contribution in [0.15, 0.2) is 11.4 Å². The minimum absolute atomic E-state index is 0.00594. The van der Waals surface area contributed by atoms with Crippen LogP contribution in [0.1, 0.15) is 29.2 Å². The fourth-order valence-electron chi connectivity index (χ4n) is 2.33. The summed E-state index contributed by atoms with van der Waals surface area (Å²) in [5, 5.41) is 4.83. The number of halogens is 1. The number of carbonyl (C=O) groups is 1. The summed E-state index contributed by atoms with van der Waals surface area (Å²) in [5.41, 5.74) is 1.21. The molecular weight excluding hydrogens is 270 g/mol. The van der Waals surface area contributed by atoms with Gasteiger partial charge in [0, 0.05) is 18.5 Å². The van der Waals surface area contributed by atoms with Crippen molar-refractivity contribution in [3.8, 4) is 0 Å². The minimum atomic E-state index is -0.163. The lowest BCUT2D eigenvalue weighted by atomic mass is 9.87. The summed E-state index contributed by atoms with van der Waals surface area (Å²) in [7, 11) is 1.61. The van der Waals surface area contributed by atoms with Crippen LogP contribution in [0, 0.1) is 0 Å². The number of amides is 1.